The maximum Gasteiger partial charge on any atom is 0.180 e. The van der Waals surface area contributed by atoms with E-state index in [0.717, 1.165) is 5.17 Å². The zero-order valence-corrected chi connectivity index (χ0v) is 14.2. The molecule has 0 saturated heterocycles. The fraction of sp³-hybridized carbons (Fsp3) is 0.353. The van der Waals surface area contributed by atoms with Gasteiger partial charge in [0.15, 0.2) is 5.17 Å². The Morgan fingerprint density at radius 2 is 2.00 bits per heavy atom. The van der Waals surface area contributed by atoms with Crippen LogP contribution >= 0.6 is 23.1 Å². The third-order valence-corrected chi connectivity index (χ3v) is 6.33. The van der Waals surface area contributed by atoms with E-state index in [1.54, 1.807) is 11.8 Å². The van der Waals surface area contributed by atoms with Crippen molar-refractivity contribution < 1.29 is 0 Å². The number of aliphatic imine (C=N–C) groups is 1. The highest BCUT2D eigenvalue weighted by atomic mass is 32.2. The Kier molecular flexibility index (Phi) is 3.72. The molecule has 0 unspecified atom stereocenters. The van der Waals surface area contributed by atoms with Crippen molar-refractivity contribution in [2.45, 2.75) is 31.7 Å². The molecule has 0 saturated carbocycles. The van der Waals surface area contributed by atoms with E-state index < -0.39 is 0 Å². The molecular formula is C17H19N3S2. The summed E-state index contributed by atoms with van der Waals surface area (Å²) in [6, 6.07) is 10.7. The first-order valence-electron chi connectivity index (χ1n) is 7.65. The molecule has 1 aliphatic heterocycles. The first-order chi connectivity index (χ1) is 10.8. The Hall–Kier alpha value is -1.30. The third kappa shape index (κ3) is 2.19. The van der Waals surface area contributed by atoms with Gasteiger partial charge < -0.3 is 0 Å². The molecule has 0 radical (unpaired) electrons. The summed E-state index contributed by atoms with van der Waals surface area (Å²) in [6.45, 7) is 0. The van der Waals surface area contributed by atoms with Gasteiger partial charge in [0, 0.05) is 10.4 Å². The van der Waals surface area contributed by atoms with Crippen molar-refractivity contribution >= 4 is 33.3 Å². The number of aryl methyl sites for hydroxylation is 1. The first-order valence-corrected chi connectivity index (χ1v) is 9.69. The number of amidine groups is 1. The predicted molar refractivity (Wildman–Crippen MR) is 95.9 cm³/mol. The molecule has 1 atom stereocenters. The number of hydrogen-bond donors (Lipinski definition) is 1. The Balaban J connectivity index is 1.92. The minimum Gasteiger partial charge on any atom is -0.277 e. The van der Waals surface area contributed by atoms with Gasteiger partial charge in [-0.3, -0.25) is 5.01 Å². The van der Waals surface area contributed by atoms with E-state index in [4.69, 9.17) is 10.8 Å². The van der Waals surface area contributed by atoms with Crippen molar-refractivity contribution in [2.75, 3.05) is 6.26 Å². The van der Waals surface area contributed by atoms with Crippen LogP contribution in [0.5, 0.6) is 0 Å². The largest absolute Gasteiger partial charge is 0.277 e. The number of hydrogen-bond acceptors (Lipinski definition) is 5. The van der Waals surface area contributed by atoms with Crippen LogP contribution in [-0.2, 0) is 12.8 Å². The van der Waals surface area contributed by atoms with Gasteiger partial charge in [0.1, 0.15) is 11.0 Å². The topological polar surface area (TPSA) is 41.6 Å². The molecule has 2 aliphatic rings. The van der Waals surface area contributed by atoms with Crippen LogP contribution in [0, 0.1) is 0 Å². The Morgan fingerprint density at radius 1 is 1.23 bits per heavy atom. The summed E-state index contributed by atoms with van der Waals surface area (Å²) in [4.78, 5) is 6.35. The van der Waals surface area contributed by atoms with Gasteiger partial charge in [0.2, 0.25) is 0 Å². The average molecular weight is 329 g/mol. The maximum atomic E-state index is 6.46. The average Bonchev–Trinajstić information content (AvgIpc) is 2.93. The van der Waals surface area contributed by atoms with Crippen molar-refractivity contribution in [3.8, 4) is 0 Å². The first kappa shape index (κ1) is 14.3. The summed E-state index contributed by atoms with van der Waals surface area (Å²) in [7, 11) is 0. The summed E-state index contributed by atoms with van der Waals surface area (Å²) in [5.74, 6) is 6.46. The Bertz CT molecular complexity index is 721. The van der Waals surface area contributed by atoms with Crippen molar-refractivity contribution in [1.29, 1.82) is 0 Å². The van der Waals surface area contributed by atoms with E-state index in [-0.39, 0.29) is 6.04 Å². The van der Waals surface area contributed by atoms with Gasteiger partial charge >= 0.3 is 0 Å². The molecule has 4 rings (SSSR count). The van der Waals surface area contributed by atoms with Crippen LogP contribution in [0.25, 0.3) is 0 Å². The molecule has 3 nitrogen and oxygen atoms in total. The molecule has 2 N–H and O–H groups in total. The normalized spacial score (nSPS) is 20.4. The lowest BCUT2D eigenvalue weighted by molar-refractivity contribution is 0.372. The highest BCUT2D eigenvalue weighted by Crippen LogP contribution is 2.49. The number of benzene rings is 1. The van der Waals surface area contributed by atoms with Gasteiger partial charge in [-0.2, -0.15) is 0 Å². The lowest BCUT2D eigenvalue weighted by Gasteiger charge is -2.34. The van der Waals surface area contributed by atoms with Crippen molar-refractivity contribution in [2.24, 2.45) is 10.8 Å². The van der Waals surface area contributed by atoms with Gasteiger partial charge in [-0.15, -0.1) is 11.3 Å². The number of nitrogens with two attached hydrogens (primary N) is 1. The summed E-state index contributed by atoms with van der Waals surface area (Å²) >= 11 is 3.49. The number of rotatable bonds is 1. The molecule has 1 aromatic carbocycles. The zero-order chi connectivity index (χ0) is 15.1. The minimum atomic E-state index is 0.0919. The lowest BCUT2D eigenvalue weighted by Crippen LogP contribution is -2.41. The van der Waals surface area contributed by atoms with Crippen LogP contribution in [-0.4, -0.2) is 16.4 Å². The Labute approximate surface area is 139 Å². The zero-order valence-electron chi connectivity index (χ0n) is 12.6. The van der Waals surface area contributed by atoms with E-state index in [0.29, 0.717) is 0 Å². The quantitative estimate of drug-likeness (QED) is 0.795. The SMILES string of the molecule is CSC1=Nc2sc3c(c2[C@H](c2ccccc2)N1N)CCCC3. The predicted octanol–water partition coefficient (Wildman–Crippen LogP) is 4.26. The number of fused-ring (bicyclic) bond motifs is 3. The molecule has 1 aromatic heterocycles. The third-order valence-electron chi connectivity index (χ3n) is 4.46. The molecule has 2 heterocycles. The smallest absolute Gasteiger partial charge is 0.180 e. The van der Waals surface area contributed by atoms with E-state index in [1.807, 2.05) is 22.6 Å². The van der Waals surface area contributed by atoms with Gasteiger partial charge in [-0.05, 0) is 43.1 Å². The van der Waals surface area contributed by atoms with Crippen molar-refractivity contribution in [3.63, 3.8) is 0 Å². The van der Waals surface area contributed by atoms with Crippen LogP contribution < -0.4 is 5.84 Å². The fourth-order valence-electron chi connectivity index (χ4n) is 3.45. The second kappa shape index (κ2) is 5.72. The fourth-order valence-corrected chi connectivity index (χ4v) is 5.30. The van der Waals surface area contributed by atoms with Gasteiger partial charge in [-0.1, -0.05) is 42.1 Å². The maximum absolute atomic E-state index is 6.46. The summed E-state index contributed by atoms with van der Waals surface area (Å²) in [5.41, 5.74) is 4.12. The van der Waals surface area contributed by atoms with E-state index >= 15 is 0 Å². The molecule has 0 spiro atoms. The molecule has 0 amide bonds. The monoisotopic (exact) mass is 329 g/mol. The van der Waals surface area contributed by atoms with Gasteiger partial charge in [-0.25, -0.2) is 10.8 Å². The van der Waals surface area contributed by atoms with Crippen LogP contribution in [0.1, 0.15) is 40.5 Å². The van der Waals surface area contributed by atoms with Gasteiger partial charge in [0.05, 0.1) is 0 Å². The Morgan fingerprint density at radius 3 is 2.77 bits per heavy atom. The van der Waals surface area contributed by atoms with Crippen LogP contribution in [0.4, 0.5) is 5.00 Å². The number of hydrazine groups is 1. The number of thiophene rings is 1. The molecule has 2 aromatic rings. The molecule has 22 heavy (non-hydrogen) atoms. The highest BCUT2D eigenvalue weighted by Gasteiger charge is 2.35. The molecule has 0 fully saturated rings. The molecular weight excluding hydrogens is 310 g/mol. The van der Waals surface area contributed by atoms with E-state index in [2.05, 4.69) is 30.3 Å². The van der Waals surface area contributed by atoms with Crippen LogP contribution in [0.3, 0.4) is 0 Å². The molecule has 5 heteroatoms. The second-order valence-electron chi connectivity index (χ2n) is 5.75. The van der Waals surface area contributed by atoms with E-state index in [9.17, 15) is 0 Å². The minimum absolute atomic E-state index is 0.0919. The van der Waals surface area contributed by atoms with Crippen molar-refractivity contribution in [1.82, 2.24) is 5.01 Å². The number of nitrogens with zero attached hydrogens (tertiary/aromatic N) is 2. The number of thioether (sulfide) groups is 1. The lowest BCUT2D eigenvalue weighted by atomic mass is 9.89. The molecule has 1 aliphatic carbocycles. The van der Waals surface area contributed by atoms with Crippen LogP contribution in [0.15, 0.2) is 35.3 Å². The standard InChI is InChI=1S/C17H19N3S2/c1-21-17-19-16-14(12-9-5-6-10-13(12)22-16)15(20(17)18)11-7-3-2-4-8-11/h2-4,7-8,15H,5-6,9-10,18H2,1H3/t15-/m0/s1. The van der Waals surface area contributed by atoms with E-state index in [1.165, 1.54) is 52.3 Å². The summed E-state index contributed by atoms with van der Waals surface area (Å²) in [5, 5.41) is 3.93. The van der Waals surface area contributed by atoms with Crippen LogP contribution in [0.2, 0.25) is 0 Å². The summed E-state index contributed by atoms with van der Waals surface area (Å²) in [6.07, 6.45) is 6.99. The molecule has 114 valence electrons. The highest BCUT2D eigenvalue weighted by molar-refractivity contribution is 8.13. The summed E-state index contributed by atoms with van der Waals surface area (Å²) < 4.78 is 0. The second-order valence-corrected chi connectivity index (χ2v) is 7.61. The van der Waals surface area contributed by atoms with Gasteiger partial charge in [0.25, 0.3) is 0 Å². The van der Waals surface area contributed by atoms with Crippen molar-refractivity contribution in [3.05, 3.63) is 51.9 Å². The molecule has 0 bridgehead atoms.